The highest BCUT2D eigenvalue weighted by Gasteiger charge is 2.23. The molecule has 2 aromatic heterocycles. The molecule has 3 N–H and O–H groups in total. The maximum absolute atomic E-state index is 15.4. The van der Waals surface area contributed by atoms with Crippen LogP contribution in [-0.4, -0.2) is 20.0 Å². The predicted molar refractivity (Wildman–Crippen MR) is 122 cm³/mol. The van der Waals surface area contributed by atoms with Crippen LogP contribution in [0.25, 0.3) is 48.8 Å². The maximum Gasteiger partial charge on any atom is 0.275 e. The Bertz CT molecular complexity index is 1680. The monoisotopic (exact) mass is 442 g/mol. The lowest BCUT2D eigenvalue weighted by Crippen LogP contribution is -2.14. The van der Waals surface area contributed by atoms with Crippen molar-refractivity contribution in [1.29, 1.82) is 0 Å². The zero-order valence-corrected chi connectivity index (χ0v) is 17.4. The minimum Gasteiger partial charge on any atom is -0.325 e. The van der Waals surface area contributed by atoms with Gasteiger partial charge in [0.15, 0.2) is 0 Å². The topological polar surface area (TPSA) is 93.9 Å². The van der Waals surface area contributed by atoms with E-state index in [0.29, 0.717) is 33.3 Å². The van der Waals surface area contributed by atoms with Crippen molar-refractivity contribution < 1.29 is 8.78 Å². The third kappa shape index (κ3) is 3.08. The van der Waals surface area contributed by atoms with Crippen LogP contribution < -0.4 is 11.3 Å². The van der Waals surface area contributed by atoms with Crippen molar-refractivity contribution in [1.82, 2.24) is 20.0 Å². The van der Waals surface area contributed by atoms with E-state index in [1.807, 2.05) is 0 Å². The van der Waals surface area contributed by atoms with Crippen molar-refractivity contribution in [2.45, 2.75) is 6.54 Å². The van der Waals surface area contributed by atoms with Crippen molar-refractivity contribution >= 4 is 27.2 Å². The smallest absolute Gasteiger partial charge is 0.275 e. The van der Waals surface area contributed by atoms with Gasteiger partial charge in [0.1, 0.15) is 11.6 Å². The number of fused-ring (bicyclic) bond motifs is 2. The van der Waals surface area contributed by atoms with Gasteiger partial charge in [-0.3, -0.25) is 9.48 Å². The van der Waals surface area contributed by atoms with Crippen LogP contribution in [0.3, 0.4) is 0 Å². The molecule has 0 saturated carbocycles. The number of halogens is 2. The molecule has 7 nitrogen and oxygen atoms in total. The molecule has 162 valence electrons. The average Bonchev–Trinajstić information content (AvgIpc) is 3.18. The molecule has 33 heavy (non-hydrogen) atoms. The summed E-state index contributed by atoms with van der Waals surface area (Å²) in [6, 6.07) is 11.2. The SMILES string of the molecule is [C-]#[N+]c1c(-c2c(-c3cc(F)c4c(=O)[nH]nc(CN)c4c3)cnn2C)c(F)cc2ccccc12. The van der Waals surface area contributed by atoms with E-state index in [2.05, 4.69) is 20.1 Å². The lowest BCUT2D eigenvalue weighted by atomic mass is 9.95. The fraction of sp³-hybridized carbons (Fsp3) is 0.0833. The highest BCUT2D eigenvalue weighted by atomic mass is 19.1. The summed E-state index contributed by atoms with van der Waals surface area (Å²) in [6.07, 6.45) is 1.47. The Labute approximate surface area is 185 Å². The molecule has 0 aliphatic carbocycles. The summed E-state index contributed by atoms with van der Waals surface area (Å²) in [5.41, 5.74) is 6.66. The summed E-state index contributed by atoms with van der Waals surface area (Å²) in [5, 5.41) is 11.7. The number of aromatic amines is 1. The lowest BCUT2D eigenvalue weighted by Gasteiger charge is -2.13. The molecule has 0 fully saturated rings. The van der Waals surface area contributed by atoms with Crippen LogP contribution in [0.1, 0.15) is 5.69 Å². The second-order valence-electron chi connectivity index (χ2n) is 7.53. The molecule has 0 saturated heterocycles. The Morgan fingerprint density at radius 2 is 1.94 bits per heavy atom. The van der Waals surface area contributed by atoms with E-state index in [9.17, 15) is 4.79 Å². The summed E-state index contributed by atoms with van der Waals surface area (Å²) in [6.45, 7) is 7.72. The zero-order valence-electron chi connectivity index (χ0n) is 17.4. The predicted octanol–water partition coefficient (Wildman–Crippen LogP) is 4.43. The van der Waals surface area contributed by atoms with Gasteiger partial charge in [-0.25, -0.2) is 18.7 Å². The molecule has 2 heterocycles. The molecule has 5 aromatic rings. The number of nitrogens with zero attached hydrogens (tertiary/aromatic N) is 4. The fourth-order valence-electron chi connectivity index (χ4n) is 4.19. The molecule has 0 amide bonds. The minimum atomic E-state index is -0.764. The second-order valence-corrected chi connectivity index (χ2v) is 7.53. The van der Waals surface area contributed by atoms with Crippen LogP contribution in [0.5, 0.6) is 0 Å². The summed E-state index contributed by atoms with van der Waals surface area (Å²) in [7, 11) is 1.62. The van der Waals surface area contributed by atoms with Gasteiger partial charge in [-0.1, -0.05) is 24.3 Å². The van der Waals surface area contributed by atoms with Crippen molar-refractivity contribution in [3.63, 3.8) is 0 Å². The third-order valence-electron chi connectivity index (χ3n) is 5.69. The van der Waals surface area contributed by atoms with E-state index in [-0.39, 0.29) is 28.6 Å². The van der Waals surface area contributed by atoms with Crippen molar-refractivity contribution in [3.05, 3.63) is 87.8 Å². The van der Waals surface area contributed by atoms with Gasteiger partial charge in [-0.15, -0.1) is 0 Å². The van der Waals surface area contributed by atoms with Crippen molar-refractivity contribution in [2.75, 3.05) is 0 Å². The first-order chi connectivity index (χ1) is 15.9. The Balaban J connectivity index is 1.85. The number of nitrogens with one attached hydrogen (secondary N) is 1. The molecular weight excluding hydrogens is 426 g/mol. The molecule has 0 aliphatic heterocycles. The zero-order chi connectivity index (χ0) is 23.3. The van der Waals surface area contributed by atoms with Crippen LogP contribution in [0.2, 0.25) is 0 Å². The highest BCUT2D eigenvalue weighted by molar-refractivity contribution is 6.04. The molecule has 0 radical (unpaired) electrons. The van der Waals surface area contributed by atoms with E-state index in [1.165, 1.54) is 23.0 Å². The van der Waals surface area contributed by atoms with E-state index in [1.54, 1.807) is 37.4 Å². The minimum absolute atomic E-state index is 0.0166. The van der Waals surface area contributed by atoms with E-state index in [4.69, 9.17) is 12.3 Å². The molecule has 5 rings (SSSR count). The van der Waals surface area contributed by atoms with Gasteiger partial charge < -0.3 is 5.73 Å². The number of rotatable bonds is 3. The van der Waals surface area contributed by atoms with Gasteiger partial charge in [-0.05, 0) is 34.5 Å². The number of aryl methyl sites for hydroxylation is 1. The lowest BCUT2D eigenvalue weighted by molar-refractivity contribution is 0.630. The number of hydrogen-bond acceptors (Lipinski definition) is 4. The number of benzene rings is 3. The van der Waals surface area contributed by atoms with Crippen molar-refractivity contribution in [3.8, 4) is 22.4 Å². The second kappa shape index (κ2) is 7.62. The summed E-state index contributed by atoms with van der Waals surface area (Å²) >= 11 is 0. The Morgan fingerprint density at radius 3 is 2.70 bits per heavy atom. The average molecular weight is 442 g/mol. The van der Waals surface area contributed by atoms with E-state index in [0.717, 1.165) is 0 Å². The number of hydrogen-bond donors (Lipinski definition) is 2. The molecule has 0 unspecified atom stereocenters. The quantitative estimate of drug-likeness (QED) is 0.404. The van der Waals surface area contributed by atoms with Crippen LogP contribution >= 0.6 is 0 Å². The normalized spacial score (nSPS) is 11.2. The summed E-state index contributed by atoms with van der Waals surface area (Å²) in [5.74, 6) is -1.35. The molecule has 0 bridgehead atoms. The first kappa shape index (κ1) is 20.5. The van der Waals surface area contributed by atoms with Gasteiger partial charge >= 0.3 is 0 Å². The van der Waals surface area contributed by atoms with Gasteiger partial charge in [0.05, 0.1) is 29.5 Å². The molecule has 9 heteroatoms. The number of nitrogens with two attached hydrogens (primary N) is 1. The van der Waals surface area contributed by atoms with Gasteiger partial charge in [0.25, 0.3) is 5.56 Å². The molecule has 3 aromatic carbocycles. The largest absolute Gasteiger partial charge is 0.325 e. The maximum atomic E-state index is 15.4. The van der Waals surface area contributed by atoms with Crippen LogP contribution in [-0.2, 0) is 13.6 Å². The van der Waals surface area contributed by atoms with Crippen LogP contribution in [0.15, 0.2) is 53.5 Å². The Kier molecular flexibility index (Phi) is 4.73. The number of aromatic nitrogens is 4. The first-order valence-corrected chi connectivity index (χ1v) is 9.97. The van der Waals surface area contributed by atoms with Crippen molar-refractivity contribution in [2.24, 2.45) is 12.8 Å². The summed E-state index contributed by atoms with van der Waals surface area (Å²) < 4.78 is 31.9. The van der Waals surface area contributed by atoms with Crippen LogP contribution in [0.4, 0.5) is 14.5 Å². The Hall–Kier alpha value is -4.42. The summed E-state index contributed by atoms with van der Waals surface area (Å²) in [4.78, 5) is 15.8. The van der Waals surface area contributed by atoms with Crippen LogP contribution in [0, 0.1) is 18.2 Å². The molecule has 0 aliphatic rings. The first-order valence-electron chi connectivity index (χ1n) is 9.97. The van der Waals surface area contributed by atoms with Gasteiger partial charge in [-0.2, -0.15) is 10.2 Å². The van der Waals surface area contributed by atoms with Gasteiger partial charge in [0, 0.05) is 30.1 Å². The van der Waals surface area contributed by atoms with E-state index >= 15 is 8.78 Å². The Morgan fingerprint density at radius 1 is 1.15 bits per heavy atom. The number of H-pyrrole nitrogens is 1. The third-order valence-corrected chi connectivity index (χ3v) is 5.69. The fourth-order valence-corrected chi connectivity index (χ4v) is 4.19. The van der Waals surface area contributed by atoms with Gasteiger partial charge in [0.2, 0.25) is 5.69 Å². The van der Waals surface area contributed by atoms with E-state index < -0.39 is 17.2 Å². The standard InChI is InChI=1S/C24H16F2N6O/c1-28-22-14-6-4-3-5-12(14)8-18(26)21(22)23-16(11-29-32(23)2)13-7-15-19(10-27)30-31-24(33)20(15)17(25)9-13/h3-9,11H,10,27H2,2H3,(H,31,33). The molecular formula is C24H16F2N6O. The molecule has 0 spiro atoms. The molecule has 0 atom stereocenters. The highest BCUT2D eigenvalue weighted by Crippen LogP contribution is 2.43.